The van der Waals surface area contributed by atoms with Crippen molar-refractivity contribution in [3.8, 4) is 5.88 Å². The fourth-order valence-corrected chi connectivity index (χ4v) is 2.90. The highest BCUT2D eigenvalue weighted by Crippen LogP contribution is 2.37. The number of aliphatic carboxylic acids is 1. The summed E-state index contributed by atoms with van der Waals surface area (Å²) in [5.41, 5.74) is -0.744. The quantitative estimate of drug-likeness (QED) is 0.850. The second kappa shape index (κ2) is 7.38. The molecule has 0 spiro atoms. The number of carboxylic acid groups (broad SMARTS) is 1. The second-order valence-corrected chi connectivity index (χ2v) is 7.02. The summed E-state index contributed by atoms with van der Waals surface area (Å²) in [5.74, 6) is -2.55. The Balaban J connectivity index is 1.83. The molecule has 1 aliphatic carbocycles. The average molecular weight is 388 g/mol. The summed E-state index contributed by atoms with van der Waals surface area (Å²) in [6.07, 6.45) is 6.00. The van der Waals surface area contributed by atoms with Crippen molar-refractivity contribution < 1.29 is 23.4 Å². The maximum atomic E-state index is 13.7. The van der Waals surface area contributed by atoms with Gasteiger partial charge in [0.05, 0.1) is 17.7 Å². The minimum atomic E-state index is -1.08. The highest BCUT2D eigenvalue weighted by atomic mass is 19.1. The Hall–Kier alpha value is -3.29. The topological polar surface area (TPSA) is 81.4 Å². The molecule has 1 N–H and O–H groups in total. The number of nitrogens with zero attached hydrogens (tertiary/aromatic N) is 2. The van der Waals surface area contributed by atoms with Crippen LogP contribution in [0.25, 0.3) is 0 Å². The third kappa shape index (κ3) is 4.00. The van der Waals surface area contributed by atoms with Gasteiger partial charge in [-0.25, -0.2) is 18.6 Å². The smallest absolute Gasteiger partial charge is 0.335 e. The predicted molar refractivity (Wildman–Crippen MR) is 96.9 cm³/mol. The van der Waals surface area contributed by atoms with Gasteiger partial charge in [-0.1, -0.05) is 26.0 Å². The number of aromatic nitrogens is 2. The summed E-state index contributed by atoms with van der Waals surface area (Å²) in [5, 5.41) is 9.21. The van der Waals surface area contributed by atoms with Crippen molar-refractivity contribution in [1.82, 2.24) is 9.55 Å². The molecule has 1 unspecified atom stereocenters. The maximum absolute atomic E-state index is 13.7. The molecule has 6 nitrogen and oxygen atoms in total. The lowest BCUT2D eigenvalue weighted by atomic mass is 9.79. The van der Waals surface area contributed by atoms with Crippen LogP contribution in [0.4, 0.5) is 8.78 Å². The first kappa shape index (κ1) is 19.5. The van der Waals surface area contributed by atoms with E-state index < -0.39 is 34.6 Å². The Kier molecular flexibility index (Phi) is 5.13. The summed E-state index contributed by atoms with van der Waals surface area (Å²) < 4.78 is 33.3. The molecule has 1 aliphatic rings. The van der Waals surface area contributed by atoms with Crippen molar-refractivity contribution in [2.45, 2.75) is 26.5 Å². The van der Waals surface area contributed by atoms with E-state index in [0.717, 1.165) is 18.2 Å². The van der Waals surface area contributed by atoms with Crippen LogP contribution < -0.4 is 10.3 Å². The van der Waals surface area contributed by atoms with Crippen LogP contribution >= 0.6 is 0 Å². The Labute approximate surface area is 159 Å². The van der Waals surface area contributed by atoms with Gasteiger partial charge < -0.3 is 9.84 Å². The predicted octanol–water partition coefficient (Wildman–Crippen LogP) is 3.25. The zero-order valence-corrected chi connectivity index (χ0v) is 15.2. The number of halogens is 2. The van der Waals surface area contributed by atoms with Crippen LogP contribution in [0.15, 0.2) is 59.2 Å². The van der Waals surface area contributed by atoms with Crippen molar-refractivity contribution in [2.75, 3.05) is 0 Å². The molecule has 0 radical (unpaired) electrons. The van der Waals surface area contributed by atoms with E-state index >= 15 is 0 Å². The minimum absolute atomic E-state index is 0.0171. The molecule has 1 atom stereocenters. The first-order chi connectivity index (χ1) is 13.2. The summed E-state index contributed by atoms with van der Waals surface area (Å²) in [7, 11) is 0. The molecule has 3 rings (SSSR count). The molecule has 1 aromatic heterocycles. The molecule has 2 aromatic rings. The fraction of sp³-hybridized carbons (Fsp3) is 0.250. The number of rotatable bonds is 5. The van der Waals surface area contributed by atoms with Crippen molar-refractivity contribution in [1.29, 1.82) is 0 Å². The molecule has 0 aliphatic heterocycles. The van der Waals surface area contributed by atoms with Gasteiger partial charge in [0.15, 0.2) is 0 Å². The third-order valence-corrected chi connectivity index (χ3v) is 4.54. The molecule has 0 bridgehead atoms. The Bertz CT molecular complexity index is 1040. The largest absolute Gasteiger partial charge is 0.478 e. The molecule has 28 heavy (non-hydrogen) atoms. The van der Waals surface area contributed by atoms with E-state index in [1.807, 2.05) is 13.8 Å². The van der Waals surface area contributed by atoms with Crippen LogP contribution in [-0.4, -0.2) is 20.6 Å². The summed E-state index contributed by atoms with van der Waals surface area (Å²) in [4.78, 5) is 27.9. The first-order valence-electron chi connectivity index (χ1n) is 8.46. The molecular formula is C20H18F2N2O4. The molecular weight excluding hydrogens is 370 g/mol. The fourth-order valence-electron chi connectivity index (χ4n) is 2.90. The van der Waals surface area contributed by atoms with Gasteiger partial charge in [0.2, 0.25) is 5.88 Å². The first-order valence-corrected chi connectivity index (χ1v) is 8.46. The number of benzene rings is 1. The zero-order valence-electron chi connectivity index (χ0n) is 15.2. The van der Waals surface area contributed by atoms with Crippen LogP contribution in [0.2, 0.25) is 0 Å². The lowest BCUT2D eigenvalue weighted by Crippen LogP contribution is -2.34. The number of hydrogen-bond acceptors (Lipinski definition) is 4. The molecule has 8 heteroatoms. The highest BCUT2D eigenvalue weighted by molar-refractivity contribution is 5.90. The molecule has 0 saturated carbocycles. The van der Waals surface area contributed by atoms with E-state index in [0.29, 0.717) is 0 Å². The standard InChI is InChI=1S/C20H18F2N2O4/c1-20(2)6-5-12(19(26)27)7-16(20)24-11-23-17(9-18(24)25)28-10-13-3-4-14(21)8-15(13)22/h3-9,11,16H,10H2,1-2H3,(H,26,27). The number of carbonyl (C=O) groups is 1. The molecule has 0 fully saturated rings. The SMILES string of the molecule is CC1(C)C=CC(C(=O)O)=CC1n1cnc(OCc2ccc(F)cc2F)cc1=O. The molecule has 146 valence electrons. The van der Waals surface area contributed by atoms with E-state index in [1.54, 1.807) is 6.08 Å². The lowest BCUT2D eigenvalue weighted by Gasteiger charge is -2.33. The highest BCUT2D eigenvalue weighted by Gasteiger charge is 2.32. The van der Waals surface area contributed by atoms with Gasteiger partial charge in [0.1, 0.15) is 24.6 Å². The minimum Gasteiger partial charge on any atom is -0.478 e. The van der Waals surface area contributed by atoms with Crippen molar-refractivity contribution in [2.24, 2.45) is 5.41 Å². The van der Waals surface area contributed by atoms with Gasteiger partial charge in [0, 0.05) is 17.0 Å². The van der Waals surface area contributed by atoms with Crippen molar-refractivity contribution in [3.05, 3.63) is 81.9 Å². The Morgan fingerprint density at radius 2 is 2.07 bits per heavy atom. The number of carboxylic acids is 1. The Morgan fingerprint density at radius 1 is 1.32 bits per heavy atom. The van der Waals surface area contributed by atoms with Crippen LogP contribution in [0, 0.1) is 17.0 Å². The molecule has 1 heterocycles. The van der Waals surface area contributed by atoms with E-state index in [4.69, 9.17) is 4.74 Å². The van der Waals surface area contributed by atoms with Gasteiger partial charge in [-0.3, -0.25) is 9.36 Å². The summed E-state index contributed by atoms with van der Waals surface area (Å²) >= 11 is 0. The van der Waals surface area contributed by atoms with Gasteiger partial charge in [-0.05, 0) is 18.2 Å². The second-order valence-electron chi connectivity index (χ2n) is 7.02. The van der Waals surface area contributed by atoms with E-state index in [9.17, 15) is 23.5 Å². The van der Waals surface area contributed by atoms with E-state index in [1.165, 1.54) is 29.1 Å². The van der Waals surface area contributed by atoms with Gasteiger partial charge in [0.25, 0.3) is 5.56 Å². The van der Waals surface area contributed by atoms with Gasteiger partial charge >= 0.3 is 5.97 Å². The third-order valence-electron chi connectivity index (χ3n) is 4.54. The summed E-state index contributed by atoms with van der Waals surface area (Å²) in [6, 6.07) is 3.70. The number of allylic oxidation sites excluding steroid dienone is 2. The van der Waals surface area contributed by atoms with Crippen LogP contribution in [0.3, 0.4) is 0 Å². The van der Waals surface area contributed by atoms with Crippen molar-refractivity contribution >= 4 is 5.97 Å². The van der Waals surface area contributed by atoms with Gasteiger partial charge in [-0.2, -0.15) is 0 Å². The number of ether oxygens (including phenoxy) is 1. The lowest BCUT2D eigenvalue weighted by molar-refractivity contribution is -0.132. The normalized spacial score (nSPS) is 17.9. The van der Waals surface area contributed by atoms with Crippen LogP contribution in [-0.2, 0) is 11.4 Å². The number of hydrogen-bond donors (Lipinski definition) is 1. The van der Waals surface area contributed by atoms with Gasteiger partial charge in [-0.15, -0.1) is 0 Å². The van der Waals surface area contributed by atoms with Crippen LogP contribution in [0.1, 0.15) is 25.5 Å². The van der Waals surface area contributed by atoms with E-state index in [2.05, 4.69) is 4.98 Å². The monoisotopic (exact) mass is 388 g/mol. The zero-order chi connectivity index (χ0) is 20.5. The van der Waals surface area contributed by atoms with Crippen LogP contribution in [0.5, 0.6) is 5.88 Å². The molecule has 0 saturated heterocycles. The maximum Gasteiger partial charge on any atom is 0.335 e. The molecule has 1 aromatic carbocycles. The summed E-state index contributed by atoms with van der Waals surface area (Å²) in [6.45, 7) is 3.53. The average Bonchev–Trinajstić information content (AvgIpc) is 2.61. The Morgan fingerprint density at radius 3 is 2.71 bits per heavy atom. The van der Waals surface area contributed by atoms with E-state index in [-0.39, 0.29) is 23.6 Å². The molecule has 0 amide bonds. The van der Waals surface area contributed by atoms with Crippen molar-refractivity contribution in [3.63, 3.8) is 0 Å².